The van der Waals surface area contributed by atoms with Crippen molar-refractivity contribution in [3.63, 3.8) is 0 Å². The molecule has 0 spiro atoms. The molecule has 0 aromatic heterocycles. The molecule has 2 N–H and O–H groups in total. The Morgan fingerprint density at radius 1 is 1.35 bits per heavy atom. The Kier molecular flexibility index (Phi) is 4.40. The second kappa shape index (κ2) is 6.06. The van der Waals surface area contributed by atoms with Crippen molar-refractivity contribution in [2.45, 2.75) is 19.3 Å². The smallest absolute Gasteiger partial charge is 0.307 e. The van der Waals surface area contributed by atoms with Crippen LogP contribution in [0.15, 0.2) is 22.7 Å². The predicted molar refractivity (Wildman–Crippen MR) is 76.0 cm³/mol. The molecule has 0 radical (unpaired) electrons. The van der Waals surface area contributed by atoms with Crippen LogP contribution in [0.25, 0.3) is 0 Å². The van der Waals surface area contributed by atoms with E-state index in [0.717, 1.165) is 10.9 Å². The second-order valence-corrected chi connectivity index (χ2v) is 5.69. The van der Waals surface area contributed by atoms with E-state index in [1.165, 1.54) is 0 Å². The van der Waals surface area contributed by atoms with Gasteiger partial charge in [-0.3, -0.25) is 9.59 Å². The number of rotatable bonds is 3. The standard InChI is InChI=1S/C14H13BrN2O3/c15-9-5-4-8(7-16)12(6-9)17-13(18)10-2-1-3-11(10)14(19)20/h4-6,10-11H,1-3H2,(H,17,18)(H,19,20). The minimum Gasteiger partial charge on any atom is -0.481 e. The summed E-state index contributed by atoms with van der Waals surface area (Å²) in [5, 5.41) is 20.8. The van der Waals surface area contributed by atoms with Gasteiger partial charge in [0.05, 0.1) is 23.1 Å². The Hall–Kier alpha value is -1.87. The summed E-state index contributed by atoms with van der Waals surface area (Å²) in [6, 6.07) is 6.95. The van der Waals surface area contributed by atoms with Gasteiger partial charge in [0, 0.05) is 4.47 Å². The van der Waals surface area contributed by atoms with E-state index in [4.69, 9.17) is 10.4 Å². The van der Waals surface area contributed by atoms with Crippen LogP contribution in [0, 0.1) is 23.2 Å². The van der Waals surface area contributed by atoms with Crippen molar-refractivity contribution in [3.8, 4) is 6.07 Å². The van der Waals surface area contributed by atoms with Crippen molar-refractivity contribution in [1.82, 2.24) is 0 Å². The first-order valence-electron chi connectivity index (χ1n) is 6.26. The molecule has 20 heavy (non-hydrogen) atoms. The van der Waals surface area contributed by atoms with E-state index < -0.39 is 17.8 Å². The van der Waals surface area contributed by atoms with Crippen molar-refractivity contribution >= 4 is 33.5 Å². The number of carboxylic acids is 1. The lowest BCUT2D eigenvalue weighted by Crippen LogP contribution is -2.30. The largest absolute Gasteiger partial charge is 0.481 e. The fourth-order valence-corrected chi connectivity index (χ4v) is 2.87. The van der Waals surface area contributed by atoms with Crippen LogP contribution in [-0.4, -0.2) is 17.0 Å². The van der Waals surface area contributed by atoms with Crippen LogP contribution in [0.5, 0.6) is 0 Å². The molecule has 1 fully saturated rings. The molecule has 1 aromatic rings. The van der Waals surface area contributed by atoms with Crippen LogP contribution in [0.4, 0.5) is 5.69 Å². The van der Waals surface area contributed by atoms with Gasteiger partial charge in [-0.05, 0) is 31.0 Å². The number of nitrogens with zero attached hydrogens (tertiary/aromatic N) is 1. The molecule has 2 unspecified atom stereocenters. The molecule has 1 aliphatic carbocycles. The molecule has 2 atom stereocenters. The summed E-state index contributed by atoms with van der Waals surface area (Å²) in [6.45, 7) is 0. The maximum Gasteiger partial charge on any atom is 0.307 e. The van der Waals surface area contributed by atoms with E-state index in [-0.39, 0.29) is 5.91 Å². The van der Waals surface area contributed by atoms with Crippen molar-refractivity contribution in [2.75, 3.05) is 5.32 Å². The predicted octanol–water partition coefficient (Wildman–Crippen LogP) is 2.76. The van der Waals surface area contributed by atoms with E-state index in [9.17, 15) is 9.59 Å². The van der Waals surface area contributed by atoms with Gasteiger partial charge in [0.2, 0.25) is 5.91 Å². The quantitative estimate of drug-likeness (QED) is 0.887. The lowest BCUT2D eigenvalue weighted by molar-refractivity contribution is -0.145. The first kappa shape index (κ1) is 14.5. The molecule has 1 aromatic carbocycles. The van der Waals surface area contributed by atoms with Gasteiger partial charge in [0.15, 0.2) is 0 Å². The van der Waals surface area contributed by atoms with Gasteiger partial charge in [-0.25, -0.2) is 0 Å². The Morgan fingerprint density at radius 2 is 2.05 bits per heavy atom. The first-order valence-corrected chi connectivity index (χ1v) is 7.05. The van der Waals surface area contributed by atoms with Gasteiger partial charge in [0.1, 0.15) is 6.07 Å². The summed E-state index contributed by atoms with van der Waals surface area (Å²) < 4.78 is 0.744. The zero-order valence-corrected chi connectivity index (χ0v) is 12.2. The number of carbonyl (C=O) groups is 2. The SMILES string of the molecule is N#Cc1ccc(Br)cc1NC(=O)C1CCCC1C(=O)O. The lowest BCUT2D eigenvalue weighted by Gasteiger charge is -2.16. The summed E-state index contributed by atoms with van der Waals surface area (Å²) in [6.07, 6.45) is 1.83. The number of aliphatic carboxylic acids is 1. The van der Waals surface area contributed by atoms with Crippen LogP contribution in [-0.2, 0) is 9.59 Å². The Labute approximate surface area is 124 Å². The highest BCUT2D eigenvalue weighted by Crippen LogP contribution is 2.33. The Morgan fingerprint density at radius 3 is 2.70 bits per heavy atom. The van der Waals surface area contributed by atoms with Gasteiger partial charge in [-0.1, -0.05) is 22.4 Å². The van der Waals surface area contributed by atoms with Crippen molar-refractivity contribution in [1.29, 1.82) is 5.26 Å². The third kappa shape index (κ3) is 2.99. The normalized spacial score (nSPS) is 21.2. The minimum atomic E-state index is -0.933. The molecular weight excluding hydrogens is 324 g/mol. The average molecular weight is 337 g/mol. The summed E-state index contributed by atoms with van der Waals surface area (Å²) in [5.74, 6) is -2.42. The number of carboxylic acid groups (broad SMARTS) is 1. The highest BCUT2D eigenvalue weighted by Gasteiger charge is 2.37. The zero-order valence-electron chi connectivity index (χ0n) is 10.6. The van der Waals surface area contributed by atoms with Gasteiger partial charge in [-0.15, -0.1) is 0 Å². The molecule has 104 valence electrons. The molecule has 0 heterocycles. The number of hydrogen-bond acceptors (Lipinski definition) is 3. The molecule has 0 bridgehead atoms. The van der Waals surface area contributed by atoms with Crippen molar-refractivity contribution in [2.24, 2.45) is 11.8 Å². The Bertz CT molecular complexity index is 595. The third-order valence-electron chi connectivity index (χ3n) is 3.53. The molecule has 0 aliphatic heterocycles. The maximum atomic E-state index is 12.2. The number of nitrogens with one attached hydrogen (secondary N) is 1. The molecule has 5 nitrogen and oxygen atoms in total. The fourth-order valence-electron chi connectivity index (χ4n) is 2.51. The number of hydrogen-bond donors (Lipinski definition) is 2. The molecular formula is C14H13BrN2O3. The fraction of sp³-hybridized carbons (Fsp3) is 0.357. The van der Waals surface area contributed by atoms with E-state index in [1.54, 1.807) is 18.2 Å². The minimum absolute atomic E-state index is 0.329. The number of benzene rings is 1. The van der Waals surface area contributed by atoms with E-state index in [0.29, 0.717) is 24.1 Å². The van der Waals surface area contributed by atoms with Crippen LogP contribution >= 0.6 is 15.9 Å². The van der Waals surface area contributed by atoms with Crippen LogP contribution < -0.4 is 5.32 Å². The molecule has 1 aliphatic rings. The van der Waals surface area contributed by atoms with E-state index in [1.807, 2.05) is 6.07 Å². The van der Waals surface area contributed by atoms with Gasteiger partial charge in [0.25, 0.3) is 0 Å². The number of amides is 1. The molecule has 2 rings (SSSR count). The summed E-state index contributed by atoms with van der Waals surface area (Å²) in [7, 11) is 0. The highest BCUT2D eigenvalue weighted by atomic mass is 79.9. The number of halogens is 1. The van der Waals surface area contributed by atoms with Gasteiger partial charge in [-0.2, -0.15) is 5.26 Å². The number of carbonyl (C=O) groups excluding carboxylic acids is 1. The van der Waals surface area contributed by atoms with E-state index >= 15 is 0 Å². The molecule has 6 heteroatoms. The number of anilines is 1. The topological polar surface area (TPSA) is 90.2 Å². The summed E-state index contributed by atoms with van der Waals surface area (Å²) in [4.78, 5) is 23.3. The molecule has 0 saturated heterocycles. The van der Waals surface area contributed by atoms with Crippen molar-refractivity contribution < 1.29 is 14.7 Å². The maximum absolute atomic E-state index is 12.2. The summed E-state index contributed by atoms with van der Waals surface area (Å²) >= 11 is 3.28. The number of nitriles is 1. The summed E-state index contributed by atoms with van der Waals surface area (Å²) in [5.41, 5.74) is 0.759. The van der Waals surface area contributed by atoms with Crippen LogP contribution in [0.3, 0.4) is 0 Å². The van der Waals surface area contributed by atoms with Gasteiger partial charge >= 0.3 is 5.97 Å². The van der Waals surface area contributed by atoms with Gasteiger partial charge < -0.3 is 10.4 Å². The molecule has 1 saturated carbocycles. The highest BCUT2D eigenvalue weighted by molar-refractivity contribution is 9.10. The van der Waals surface area contributed by atoms with E-state index in [2.05, 4.69) is 21.2 Å². The average Bonchev–Trinajstić information content (AvgIpc) is 2.88. The van der Waals surface area contributed by atoms with Crippen molar-refractivity contribution in [3.05, 3.63) is 28.2 Å². The Balaban J connectivity index is 2.18. The zero-order chi connectivity index (χ0) is 14.7. The lowest BCUT2D eigenvalue weighted by atomic mass is 9.95. The van der Waals surface area contributed by atoms with Crippen LogP contribution in [0.2, 0.25) is 0 Å². The second-order valence-electron chi connectivity index (χ2n) is 4.77. The molecule has 1 amide bonds. The van der Waals surface area contributed by atoms with Crippen LogP contribution in [0.1, 0.15) is 24.8 Å². The monoisotopic (exact) mass is 336 g/mol. The third-order valence-corrected chi connectivity index (χ3v) is 4.02. The first-order chi connectivity index (χ1) is 9.52.